The summed E-state index contributed by atoms with van der Waals surface area (Å²) in [4.78, 5) is 33.8. The van der Waals surface area contributed by atoms with E-state index in [1.165, 1.54) is 0 Å². The van der Waals surface area contributed by atoms with Gasteiger partial charge in [0, 0.05) is 6.08 Å². The summed E-state index contributed by atoms with van der Waals surface area (Å²) in [6.45, 7) is 2.71. The van der Waals surface area contributed by atoms with Gasteiger partial charge in [-0.25, -0.2) is 9.59 Å². The predicted octanol–water partition coefficient (Wildman–Crippen LogP) is -0.660. The Balaban J connectivity index is 1.57. The van der Waals surface area contributed by atoms with E-state index in [1.54, 1.807) is 0 Å². The lowest BCUT2D eigenvalue weighted by molar-refractivity contribution is -0.167. The van der Waals surface area contributed by atoms with Crippen LogP contribution in [-0.2, 0) is 33.3 Å². The summed E-state index contributed by atoms with van der Waals surface area (Å²) in [5.41, 5.74) is 0. The number of carbonyl (C=O) groups excluding carboxylic acids is 3. The molecule has 0 aromatic rings. The summed E-state index contributed by atoms with van der Waals surface area (Å²) in [7, 11) is 0. The third kappa shape index (κ3) is 1.90. The SMILES string of the molecule is C=CC(=O)OCC(=O)OC1C2CC3C(=O)OC1C3O2. The van der Waals surface area contributed by atoms with E-state index >= 15 is 0 Å². The van der Waals surface area contributed by atoms with Crippen LogP contribution >= 0.6 is 0 Å². The van der Waals surface area contributed by atoms with Gasteiger partial charge in [0.2, 0.25) is 0 Å². The number of hydrogen-bond acceptors (Lipinski definition) is 7. The molecule has 3 rings (SSSR count). The number of hydrogen-bond donors (Lipinski definition) is 0. The van der Waals surface area contributed by atoms with Gasteiger partial charge < -0.3 is 18.9 Å². The van der Waals surface area contributed by atoms with Gasteiger partial charge in [-0.05, 0) is 6.42 Å². The van der Waals surface area contributed by atoms with Gasteiger partial charge in [0.15, 0.2) is 18.8 Å². The maximum atomic E-state index is 11.5. The Morgan fingerprint density at radius 2 is 2.21 bits per heavy atom. The second-order valence-corrected chi connectivity index (χ2v) is 4.65. The predicted molar refractivity (Wildman–Crippen MR) is 57.7 cm³/mol. The quantitative estimate of drug-likeness (QED) is 0.380. The summed E-state index contributed by atoms with van der Waals surface area (Å²) in [6.07, 6.45) is -0.309. The third-order valence-electron chi connectivity index (χ3n) is 3.55. The van der Waals surface area contributed by atoms with Gasteiger partial charge in [-0.2, -0.15) is 0 Å². The van der Waals surface area contributed by atoms with Gasteiger partial charge in [0.25, 0.3) is 0 Å². The van der Waals surface area contributed by atoms with Crippen molar-refractivity contribution in [1.29, 1.82) is 0 Å². The van der Waals surface area contributed by atoms with Gasteiger partial charge in [-0.15, -0.1) is 0 Å². The molecule has 3 aliphatic rings. The molecule has 3 saturated heterocycles. The Labute approximate surface area is 108 Å². The Morgan fingerprint density at radius 3 is 2.95 bits per heavy atom. The van der Waals surface area contributed by atoms with Crippen molar-refractivity contribution in [3.8, 4) is 0 Å². The molecular formula is C12H12O7. The molecule has 7 nitrogen and oxygen atoms in total. The van der Waals surface area contributed by atoms with E-state index in [0.717, 1.165) is 6.08 Å². The number of rotatable bonds is 4. The van der Waals surface area contributed by atoms with Crippen LogP contribution in [0.1, 0.15) is 6.42 Å². The zero-order valence-corrected chi connectivity index (χ0v) is 9.94. The van der Waals surface area contributed by atoms with Crippen molar-refractivity contribution in [2.24, 2.45) is 5.92 Å². The number of carbonyl (C=O) groups is 3. The Bertz CT molecular complexity index is 457. The van der Waals surface area contributed by atoms with Crippen molar-refractivity contribution in [3.63, 3.8) is 0 Å². The first-order valence-electron chi connectivity index (χ1n) is 5.95. The van der Waals surface area contributed by atoms with Crippen LogP contribution in [0.3, 0.4) is 0 Å². The second kappa shape index (κ2) is 4.34. The highest BCUT2D eigenvalue weighted by atomic mass is 16.7. The topological polar surface area (TPSA) is 88.1 Å². The molecule has 0 radical (unpaired) electrons. The van der Waals surface area contributed by atoms with Gasteiger partial charge in [0.1, 0.15) is 6.10 Å². The minimum atomic E-state index is -0.700. The van der Waals surface area contributed by atoms with Crippen molar-refractivity contribution in [1.82, 2.24) is 0 Å². The first kappa shape index (κ1) is 12.2. The van der Waals surface area contributed by atoms with E-state index in [9.17, 15) is 14.4 Å². The van der Waals surface area contributed by atoms with Crippen LogP contribution in [-0.4, -0.2) is 48.9 Å². The molecule has 0 aromatic heterocycles. The molecule has 3 aliphatic heterocycles. The molecule has 3 fully saturated rings. The molecule has 0 saturated carbocycles. The summed E-state index contributed by atoms with van der Waals surface area (Å²) in [6, 6.07) is 0. The molecule has 0 aromatic carbocycles. The van der Waals surface area contributed by atoms with E-state index < -0.39 is 30.8 Å². The molecular weight excluding hydrogens is 256 g/mol. The van der Waals surface area contributed by atoms with Gasteiger partial charge in [-0.1, -0.05) is 6.58 Å². The largest absolute Gasteiger partial charge is 0.455 e. The minimum Gasteiger partial charge on any atom is -0.455 e. The van der Waals surface area contributed by atoms with Crippen LogP contribution in [0.25, 0.3) is 0 Å². The molecule has 5 unspecified atom stereocenters. The van der Waals surface area contributed by atoms with Crippen LogP contribution in [0.4, 0.5) is 0 Å². The first-order valence-corrected chi connectivity index (χ1v) is 5.95. The third-order valence-corrected chi connectivity index (χ3v) is 3.55. The monoisotopic (exact) mass is 268 g/mol. The van der Waals surface area contributed by atoms with Crippen molar-refractivity contribution >= 4 is 17.9 Å². The summed E-state index contributed by atoms with van der Waals surface area (Å²) in [5, 5.41) is 0. The maximum absolute atomic E-state index is 11.5. The van der Waals surface area contributed by atoms with Crippen molar-refractivity contribution in [2.45, 2.75) is 30.8 Å². The highest BCUT2D eigenvalue weighted by molar-refractivity contribution is 5.83. The van der Waals surface area contributed by atoms with E-state index in [1.807, 2.05) is 0 Å². The van der Waals surface area contributed by atoms with E-state index in [-0.39, 0.29) is 24.1 Å². The number of fused-ring (bicyclic) bond motifs is 1. The fraction of sp³-hybridized carbons (Fsp3) is 0.583. The summed E-state index contributed by atoms with van der Waals surface area (Å²) >= 11 is 0. The van der Waals surface area contributed by atoms with Gasteiger partial charge in [-0.3, -0.25) is 4.79 Å². The molecule has 102 valence electrons. The average Bonchev–Trinajstić information content (AvgIpc) is 3.00. The molecule has 0 aliphatic carbocycles. The van der Waals surface area contributed by atoms with E-state index in [2.05, 4.69) is 11.3 Å². The Morgan fingerprint density at radius 1 is 1.42 bits per heavy atom. The lowest BCUT2D eigenvalue weighted by atomic mass is 9.88. The summed E-state index contributed by atoms with van der Waals surface area (Å²) < 4.78 is 20.4. The highest BCUT2D eigenvalue weighted by Crippen LogP contribution is 2.47. The van der Waals surface area contributed by atoms with Crippen LogP contribution < -0.4 is 0 Å². The van der Waals surface area contributed by atoms with Crippen LogP contribution in [0, 0.1) is 5.92 Å². The standard InChI is InChI=1S/C12H12O7/c1-2-7(13)16-4-8(14)18-10-6-3-5-9(17-6)11(10)19-12(5)15/h2,5-6,9-11H,1,3-4H2. The first-order chi connectivity index (χ1) is 9.10. The molecule has 0 amide bonds. The average molecular weight is 268 g/mol. The maximum Gasteiger partial charge on any atom is 0.344 e. The lowest BCUT2D eigenvalue weighted by Gasteiger charge is -2.22. The highest BCUT2D eigenvalue weighted by Gasteiger charge is 2.65. The Hall–Kier alpha value is -1.89. The molecule has 19 heavy (non-hydrogen) atoms. The number of esters is 3. The molecule has 2 bridgehead atoms. The zero-order chi connectivity index (χ0) is 13.6. The van der Waals surface area contributed by atoms with Crippen molar-refractivity contribution in [3.05, 3.63) is 12.7 Å². The Kier molecular flexibility index (Phi) is 2.78. The van der Waals surface area contributed by atoms with Crippen molar-refractivity contribution < 1.29 is 33.3 Å². The van der Waals surface area contributed by atoms with Crippen LogP contribution in [0.2, 0.25) is 0 Å². The summed E-state index contributed by atoms with van der Waals surface area (Å²) in [5.74, 6) is -1.93. The molecule has 7 heteroatoms. The molecule has 0 N–H and O–H groups in total. The molecule has 3 heterocycles. The fourth-order valence-electron chi connectivity index (χ4n) is 2.76. The van der Waals surface area contributed by atoms with Crippen molar-refractivity contribution in [2.75, 3.05) is 6.61 Å². The van der Waals surface area contributed by atoms with Crippen LogP contribution in [0.5, 0.6) is 0 Å². The molecule has 0 spiro atoms. The van der Waals surface area contributed by atoms with Gasteiger partial charge in [0.05, 0.1) is 12.0 Å². The zero-order valence-electron chi connectivity index (χ0n) is 9.94. The minimum absolute atomic E-state index is 0.233. The van der Waals surface area contributed by atoms with E-state index in [4.69, 9.17) is 14.2 Å². The normalized spacial score (nSPS) is 37.9. The fourth-order valence-corrected chi connectivity index (χ4v) is 2.76. The smallest absolute Gasteiger partial charge is 0.344 e. The number of ether oxygens (including phenoxy) is 4. The second-order valence-electron chi connectivity index (χ2n) is 4.65. The lowest BCUT2D eigenvalue weighted by Crippen LogP contribution is -2.40. The molecule has 5 atom stereocenters. The van der Waals surface area contributed by atoms with Crippen LogP contribution in [0.15, 0.2) is 12.7 Å². The van der Waals surface area contributed by atoms with Gasteiger partial charge >= 0.3 is 17.9 Å². The van der Waals surface area contributed by atoms with E-state index in [0.29, 0.717) is 6.42 Å².